The summed E-state index contributed by atoms with van der Waals surface area (Å²) in [5, 5.41) is 2.67. The fraction of sp³-hybridized carbons (Fsp3) is 0.636. The standard InChI is InChI=1S/C11H17N5O4/c12-9(11(18)20-16-6-4-14-8-16)1-2-10(17)19-15-5-3-13-7-15/h7-9H,1-6,12H2/t9-/m0/s1. The van der Waals surface area contributed by atoms with Gasteiger partial charge in [-0.25, -0.2) is 9.59 Å². The molecule has 0 aromatic heterocycles. The Morgan fingerprint density at radius 1 is 1.15 bits per heavy atom. The second kappa shape index (κ2) is 6.85. The summed E-state index contributed by atoms with van der Waals surface area (Å²) in [6, 6.07) is -0.871. The van der Waals surface area contributed by atoms with Crippen molar-refractivity contribution in [3.63, 3.8) is 0 Å². The first kappa shape index (κ1) is 14.3. The van der Waals surface area contributed by atoms with Crippen LogP contribution in [0.2, 0.25) is 0 Å². The molecule has 2 rings (SSSR count). The predicted octanol–water partition coefficient (Wildman–Crippen LogP) is -1.30. The third-order valence-corrected chi connectivity index (χ3v) is 2.71. The van der Waals surface area contributed by atoms with Gasteiger partial charge in [-0.1, -0.05) is 0 Å². The lowest BCUT2D eigenvalue weighted by Crippen LogP contribution is -2.37. The summed E-state index contributed by atoms with van der Waals surface area (Å²) in [7, 11) is 0. The van der Waals surface area contributed by atoms with Gasteiger partial charge in [0, 0.05) is 0 Å². The van der Waals surface area contributed by atoms with E-state index in [0.717, 1.165) is 0 Å². The molecule has 2 heterocycles. The monoisotopic (exact) mass is 283 g/mol. The highest BCUT2D eigenvalue weighted by atomic mass is 16.7. The van der Waals surface area contributed by atoms with E-state index in [1.807, 2.05) is 0 Å². The van der Waals surface area contributed by atoms with E-state index in [1.54, 1.807) is 0 Å². The third kappa shape index (κ3) is 4.19. The van der Waals surface area contributed by atoms with Crippen LogP contribution in [0.4, 0.5) is 0 Å². The van der Waals surface area contributed by atoms with Gasteiger partial charge >= 0.3 is 11.9 Å². The van der Waals surface area contributed by atoms with Gasteiger partial charge in [0.05, 0.1) is 32.6 Å². The SMILES string of the molecule is N[C@@H](CCC(=O)ON1C=NCC1)C(=O)ON1C=NCC1. The summed E-state index contributed by atoms with van der Waals surface area (Å²) in [6.07, 6.45) is 3.09. The van der Waals surface area contributed by atoms with Crippen molar-refractivity contribution in [2.75, 3.05) is 26.2 Å². The van der Waals surface area contributed by atoms with Crippen LogP contribution in [0.1, 0.15) is 12.8 Å². The van der Waals surface area contributed by atoms with E-state index in [2.05, 4.69) is 9.98 Å². The highest BCUT2D eigenvalue weighted by molar-refractivity contribution is 5.78. The van der Waals surface area contributed by atoms with Gasteiger partial charge < -0.3 is 15.4 Å². The lowest BCUT2D eigenvalue weighted by Gasteiger charge is -2.17. The Hall–Kier alpha value is -2.16. The van der Waals surface area contributed by atoms with Crippen molar-refractivity contribution in [1.82, 2.24) is 10.1 Å². The molecule has 9 nitrogen and oxygen atoms in total. The molecule has 0 saturated heterocycles. The van der Waals surface area contributed by atoms with Crippen molar-refractivity contribution in [1.29, 1.82) is 0 Å². The molecule has 9 heteroatoms. The molecule has 0 spiro atoms. The number of aliphatic imine (C=N–C) groups is 2. The fourth-order valence-corrected chi connectivity index (χ4v) is 1.61. The van der Waals surface area contributed by atoms with Crippen molar-refractivity contribution in [3.05, 3.63) is 0 Å². The highest BCUT2D eigenvalue weighted by Gasteiger charge is 2.21. The lowest BCUT2D eigenvalue weighted by atomic mass is 10.2. The number of hydrogen-bond donors (Lipinski definition) is 1. The maximum Gasteiger partial charge on any atom is 0.348 e. The van der Waals surface area contributed by atoms with Gasteiger partial charge in [-0.15, -0.1) is 0 Å². The predicted molar refractivity (Wildman–Crippen MR) is 69.5 cm³/mol. The van der Waals surface area contributed by atoms with Gasteiger partial charge in [0.25, 0.3) is 0 Å². The molecule has 0 bridgehead atoms. The second-order valence-electron chi connectivity index (χ2n) is 4.34. The van der Waals surface area contributed by atoms with Gasteiger partial charge in [0.1, 0.15) is 18.7 Å². The number of rotatable bonds is 6. The Labute approximate surface area is 115 Å². The summed E-state index contributed by atoms with van der Waals surface area (Å²) >= 11 is 0. The van der Waals surface area contributed by atoms with E-state index in [-0.39, 0.29) is 12.8 Å². The average Bonchev–Trinajstić information content (AvgIpc) is 3.09. The molecule has 0 aromatic rings. The Kier molecular flexibility index (Phi) is 4.88. The molecular weight excluding hydrogens is 266 g/mol. The van der Waals surface area contributed by atoms with E-state index in [0.29, 0.717) is 26.2 Å². The van der Waals surface area contributed by atoms with E-state index in [1.165, 1.54) is 22.8 Å². The fourth-order valence-electron chi connectivity index (χ4n) is 1.61. The maximum atomic E-state index is 11.6. The molecule has 0 aliphatic carbocycles. The average molecular weight is 283 g/mol. The first-order chi connectivity index (χ1) is 9.65. The van der Waals surface area contributed by atoms with Crippen LogP contribution in [0.3, 0.4) is 0 Å². The molecule has 0 saturated carbocycles. The van der Waals surface area contributed by atoms with Crippen LogP contribution < -0.4 is 5.73 Å². The number of nitrogens with zero attached hydrogens (tertiary/aromatic N) is 4. The summed E-state index contributed by atoms with van der Waals surface area (Å²) in [4.78, 5) is 40.9. The first-order valence-electron chi connectivity index (χ1n) is 6.36. The second-order valence-corrected chi connectivity index (χ2v) is 4.34. The molecule has 0 aromatic carbocycles. The normalized spacial score (nSPS) is 18.4. The molecule has 2 aliphatic rings. The van der Waals surface area contributed by atoms with Crippen LogP contribution >= 0.6 is 0 Å². The van der Waals surface area contributed by atoms with Crippen molar-refractivity contribution >= 4 is 24.6 Å². The van der Waals surface area contributed by atoms with Gasteiger partial charge in [0.2, 0.25) is 0 Å². The molecule has 110 valence electrons. The Morgan fingerprint density at radius 3 is 2.30 bits per heavy atom. The molecule has 20 heavy (non-hydrogen) atoms. The van der Waals surface area contributed by atoms with Crippen LogP contribution in [0, 0.1) is 0 Å². The zero-order valence-corrected chi connectivity index (χ0v) is 11.0. The van der Waals surface area contributed by atoms with Crippen LogP contribution in [0.15, 0.2) is 9.98 Å². The number of hydroxylamine groups is 4. The van der Waals surface area contributed by atoms with Crippen LogP contribution in [-0.4, -0.2) is 67.0 Å². The van der Waals surface area contributed by atoms with Crippen LogP contribution in [0.5, 0.6) is 0 Å². The zero-order valence-electron chi connectivity index (χ0n) is 11.0. The highest BCUT2D eigenvalue weighted by Crippen LogP contribution is 2.04. The van der Waals surface area contributed by atoms with E-state index >= 15 is 0 Å². The smallest absolute Gasteiger partial charge is 0.340 e. The number of carbonyl (C=O) groups is 2. The molecule has 0 fully saturated rings. The van der Waals surface area contributed by atoms with Gasteiger partial charge in [0.15, 0.2) is 0 Å². The zero-order chi connectivity index (χ0) is 14.4. The van der Waals surface area contributed by atoms with Crippen molar-refractivity contribution in [3.8, 4) is 0 Å². The Balaban J connectivity index is 1.64. The molecule has 0 radical (unpaired) electrons. The first-order valence-corrected chi connectivity index (χ1v) is 6.36. The summed E-state index contributed by atoms with van der Waals surface area (Å²) in [5.41, 5.74) is 5.66. The largest absolute Gasteiger partial charge is 0.348 e. The molecule has 2 aliphatic heterocycles. The van der Waals surface area contributed by atoms with E-state index in [4.69, 9.17) is 15.4 Å². The number of carbonyl (C=O) groups excluding carboxylic acids is 2. The summed E-state index contributed by atoms with van der Waals surface area (Å²) in [6.45, 7) is 2.27. The van der Waals surface area contributed by atoms with Gasteiger partial charge in [-0.3, -0.25) is 9.98 Å². The topological polar surface area (TPSA) is 110 Å². The van der Waals surface area contributed by atoms with Gasteiger partial charge in [-0.2, -0.15) is 10.1 Å². The summed E-state index contributed by atoms with van der Waals surface area (Å²) < 4.78 is 0. The van der Waals surface area contributed by atoms with E-state index < -0.39 is 18.0 Å². The third-order valence-electron chi connectivity index (χ3n) is 2.71. The van der Waals surface area contributed by atoms with E-state index in [9.17, 15) is 9.59 Å². The molecule has 2 N–H and O–H groups in total. The minimum Gasteiger partial charge on any atom is -0.340 e. The van der Waals surface area contributed by atoms with Gasteiger partial charge in [-0.05, 0) is 6.42 Å². The minimum absolute atomic E-state index is 0.0364. The van der Waals surface area contributed by atoms with Crippen molar-refractivity contribution in [2.24, 2.45) is 15.7 Å². The Bertz CT molecular complexity index is 425. The van der Waals surface area contributed by atoms with Crippen LogP contribution in [0.25, 0.3) is 0 Å². The molecule has 1 atom stereocenters. The quantitative estimate of drug-likeness (QED) is 0.645. The maximum absolute atomic E-state index is 11.6. The molecular formula is C11H17N5O4. The summed E-state index contributed by atoms with van der Waals surface area (Å²) in [5.74, 6) is -1.04. The van der Waals surface area contributed by atoms with Crippen molar-refractivity contribution < 1.29 is 19.3 Å². The molecule has 0 amide bonds. The van der Waals surface area contributed by atoms with Crippen molar-refractivity contribution in [2.45, 2.75) is 18.9 Å². The number of nitrogens with two attached hydrogens (primary N) is 1. The molecule has 0 unspecified atom stereocenters. The minimum atomic E-state index is -0.871. The Morgan fingerprint density at radius 2 is 1.75 bits per heavy atom. The lowest BCUT2D eigenvalue weighted by molar-refractivity contribution is -0.173. The number of hydrogen-bond acceptors (Lipinski definition) is 9. The van der Waals surface area contributed by atoms with Crippen LogP contribution in [-0.2, 0) is 19.3 Å².